The highest BCUT2D eigenvalue weighted by Crippen LogP contribution is 2.40. The number of benzene rings is 2. The topological polar surface area (TPSA) is 24.9 Å². The van der Waals surface area contributed by atoms with Crippen LogP contribution in [0.2, 0.25) is 0 Å². The lowest BCUT2D eigenvalue weighted by atomic mass is 10.0. The molecule has 0 aromatic heterocycles. The van der Waals surface area contributed by atoms with Gasteiger partial charge >= 0.3 is 0 Å². The third-order valence-corrected chi connectivity index (χ3v) is 9.58. The lowest BCUT2D eigenvalue weighted by Crippen LogP contribution is -2.21. The van der Waals surface area contributed by atoms with Crippen molar-refractivity contribution in [3.63, 3.8) is 0 Å². The second kappa shape index (κ2) is 11.1. The zero-order chi connectivity index (χ0) is 20.8. The molecular weight excluding hydrogens is 453 g/mol. The molecular formula is C22H28N2O2S4. The van der Waals surface area contributed by atoms with Crippen LogP contribution < -0.4 is 19.3 Å². The maximum Gasteiger partial charge on any atom is 0.142 e. The fraction of sp³-hybridized carbons (Fsp3) is 0.455. The number of rotatable bonds is 5. The van der Waals surface area contributed by atoms with Crippen LogP contribution in [0.1, 0.15) is 0 Å². The van der Waals surface area contributed by atoms with E-state index in [1.807, 2.05) is 47.0 Å². The van der Waals surface area contributed by atoms with Gasteiger partial charge in [0.25, 0.3) is 0 Å². The average molecular weight is 481 g/mol. The zero-order valence-electron chi connectivity index (χ0n) is 17.5. The number of nitrogens with zero attached hydrogens (tertiary/aromatic N) is 2. The van der Waals surface area contributed by atoms with Crippen molar-refractivity contribution < 1.29 is 9.47 Å². The van der Waals surface area contributed by atoms with Crippen LogP contribution in [0.5, 0.6) is 11.5 Å². The number of hydrogen-bond acceptors (Lipinski definition) is 8. The Labute approximate surface area is 196 Å². The van der Waals surface area contributed by atoms with Gasteiger partial charge < -0.3 is 19.3 Å². The minimum Gasteiger partial charge on any atom is -0.496 e. The van der Waals surface area contributed by atoms with Crippen LogP contribution in [-0.4, -0.2) is 60.7 Å². The van der Waals surface area contributed by atoms with Crippen LogP contribution in [0.4, 0.5) is 11.4 Å². The molecule has 0 saturated carbocycles. The highest BCUT2D eigenvalue weighted by molar-refractivity contribution is 8.04. The molecule has 0 spiro atoms. The number of anilines is 2. The molecule has 4 rings (SSSR count). The minimum atomic E-state index is 0.905. The Kier molecular flexibility index (Phi) is 8.21. The maximum absolute atomic E-state index is 5.80. The molecule has 2 aromatic rings. The molecule has 2 fully saturated rings. The SMILES string of the molecule is COc1cc(N2CSCCSC2)ccc1-c1ccc(N2CSCCSC2)c(OC)c1. The van der Waals surface area contributed by atoms with Crippen molar-refractivity contribution in [2.45, 2.75) is 0 Å². The van der Waals surface area contributed by atoms with E-state index in [9.17, 15) is 0 Å². The van der Waals surface area contributed by atoms with Gasteiger partial charge in [-0.15, -0.1) is 47.0 Å². The third kappa shape index (κ3) is 5.26. The van der Waals surface area contributed by atoms with Crippen LogP contribution in [-0.2, 0) is 0 Å². The van der Waals surface area contributed by atoms with E-state index in [0.717, 1.165) is 51.8 Å². The summed E-state index contributed by atoms with van der Waals surface area (Å²) in [6.45, 7) is 0. The number of ether oxygens (including phenoxy) is 2. The molecule has 0 aliphatic carbocycles. The predicted octanol–water partition coefficient (Wildman–Crippen LogP) is 5.77. The minimum absolute atomic E-state index is 0.905. The smallest absolute Gasteiger partial charge is 0.142 e. The van der Waals surface area contributed by atoms with E-state index >= 15 is 0 Å². The second-order valence-corrected chi connectivity index (χ2v) is 11.3. The molecule has 4 nitrogen and oxygen atoms in total. The standard InChI is InChI=1S/C22H28N2O2S4/c1-25-21-12-18(23-13-27-7-8-28-14-23)4-5-19(21)17-3-6-20(22(11-17)26-2)24-15-29-9-10-30-16-24/h3-6,11-12H,7-10,13-16H2,1-2H3. The summed E-state index contributed by atoms with van der Waals surface area (Å²) >= 11 is 7.95. The van der Waals surface area contributed by atoms with Gasteiger partial charge in [-0.1, -0.05) is 6.07 Å². The first-order valence-electron chi connectivity index (χ1n) is 9.97. The Hall–Kier alpha value is -0.960. The molecule has 0 unspecified atom stereocenters. The Morgan fingerprint density at radius 3 is 1.87 bits per heavy atom. The highest BCUT2D eigenvalue weighted by Gasteiger charge is 2.18. The van der Waals surface area contributed by atoms with E-state index in [4.69, 9.17) is 9.47 Å². The molecule has 0 amide bonds. The summed E-state index contributed by atoms with van der Waals surface area (Å²) in [4.78, 5) is 4.83. The predicted molar refractivity (Wildman–Crippen MR) is 139 cm³/mol. The largest absolute Gasteiger partial charge is 0.496 e. The number of hydrogen-bond donors (Lipinski definition) is 0. The summed E-state index contributed by atoms with van der Waals surface area (Å²) in [6.07, 6.45) is 0. The summed E-state index contributed by atoms with van der Waals surface area (Å²) in [6, 6.07) is 13.1. The lowest BCUT2D eigenvalue weighted by molar-refractivity contribution is 0.414. The molecule has 0 radical (unpaired) electrons. The van der Waals surface area contributed by atoms with Crippen molar-refractivity contribution in [2.24, 2.45) is 0 Å². The first-order valence-corrected chi connectivity index (χ1v) is 14.6. The maximum atomic E-state index is 5.80. The fourth-order valence-corrected chi connectivity index (χ4v) is 7.98. The van der Waals surface area contributed by atoms with Gasteiger partial charge in [0.05, 0.1) is 43.4 Å². The molecule has 0 N–H and O–H groups in total. The molecule has 2 aromatic carbocycles. The van der Waals surface area contributed by atoms with Crippen LogP contribution >= 0.6 is 47.0 Å². The van der Waals surface area contributed by atoms with Gasteiger partial charge in [-0.3, -0.25) is 0 Å². The van der Waals surface area contributed by atoms with Gasteiger partial charge in [0.1, 0.15) is 11.5 Å². The van der Waals surface area contributed by atoms with Gasteiger partial charge in [-0.05, 0) is 29.8 Å². The summed E-state index contributed by atoms with van der Waals surface area (Å²) in [7, 11) is 3.52. The van der Waals surface area contributed by atoms with E-state index in [1.165, 1.54) is 28.7 Å². The fourth-order valence-electron chi connectivity index (χ4n) is 3.52. The Morgan fingerprint density at radius 1 is 0.667 bits per heavy atom. The van der Waals surface area contributed by atoms with Gasteiger partial charge in [0, 0.05) is 40.3 Å². The van der Waals surface area contributed by atoms with E-state index in [2.05, 4.69) is 46.2 Å². The van der Waals surface area contributed by atoms with Gasteiger partial charge in [-0.25, -0.2) is 0 Å². The normalized spacial score (nSPS) is 17.9. The Balaban J connectivity index is 1.62. The van der Waals surface area contributed by atoms with Crippen molar-refractivity contribution in [1.29, 1.82) is 0 Å². The summed E-state index contributed by atoms with van der Waals surface area (Å²) in [5.41, 5.74) is 4.60. The third-order valence-electron chi connectivity index (χ3n) is 5.11. The van der Waals surface area contributed by atoms with E-state index in [-0.39, 0.29) is 0 Å². The molecule has 8 heteroatoms. The number of methoxy groups -OCH3 is 2. The van der Waals surface area contributed by atoms with E-state index in [1.54, 1.807) is 14.2 Å². The van der Waals surface area contributed by atoms with Crippen LogP contribution in [0.3, 0.4) is 0 Å². The molecule has 2 aliphatic rings. The lowest BCUT2D eigenvalue weighted by Gasteiger charge is -2.25. The molecule has 30 heavy (non-hydrogen) atoms. The first-order chi connectivity index (χ1) is 14.8. The summed E-state index contributed by atoms with van der Waals surface area (Å²) < 4.78 is 11.6. The van der Waals surface area contributed by atoms with Gasteiger partial charge in [0.15, 0.2) is 0 Å². The summed E-state index contributed by atoms with van der Waals surface area (Å²) in [5.74, 6) is 10.8. The Morgan fingerprint density at radius 2 is 1.27 bits per heavy atom. The number of thioether (sulfide) groups is 4. The van der Waals surface area contributed by atoms with Gasteiger partial charge in [-0.2, -0.15) is 0 Å². The molecule has 162 valence electrons. The second-order valence-electron chi connectivity index (χ2n) is 7.00. The summed E-state index contributed by atoms with van der Waals surface area (Å²) in [5, 5.41) is 0. The van der Waals surface area contributed by atoms with Gasteiger partial charge in [0.2, 0.25) is 0 Å². The van der Waals surface area contributed by atoms with Crippen LogP contribution in [0, 0.1) is 0 Å². The van der Waals surface area contributed by atoms with E-state index < -0.39 is 0 Å². The first kappa shape index (κ1) is 22.2. The van der Waals surface area contributed by atoms with Crippen molar-refractivity contribution in [1.82, 2.24) is 0 Å². The molecule has 0 bridgehead atoms. The molecule has 2 saturated heterocycles. The van der Waals surface area contributed by atoms with Crippen molar-refractivity contribution in [3.8, 4) is 22.6 Å². The van der Waals surface area contributed by atoms with Crippen molar-refractivity contribution in [3.05, 3.63) is 36.4 Å². The average Bonchev–Trinajstić information content (AvgIpc) is 3.24. The van der Waals surface area contributed by atoms with Crippen molar-refractivity contribution in [2.75, 3.05) is 70.5 Å². The van der Waals surface area contributed by atoms with Crippen LogP contribution in [0.15, 0.2) is 36.4 Å². The molecule has 2 aliphatic heterocycles. The monoisotopic (exact) mass is 480 g/mol. The van der Waals surface area contributed by atoms with E-state index in [0.29, 0.717) is 0 Å². The van der Waals surface area contributed by atoms with Crippen LogP contribution in [0.25, 0.3) is 11.1 Å². The quantitative estimate of drug-likeness (QED) is 0.532. The molecule has 2 heterocycles. The zero-order valence-corrected chi connectivity index (χ0v) is 20.7. The highest BCUT2D eigenvalue weighted by atomic mass is 32.2. The Bertz CT molecular complexity index is 836. The molecule has 0 atom stereocenters. The van der Waals surface area contributed by atoms with Crippen molar-refractivity contribution >= 4 is 58.4 Å².